The second-order valence-electron chi connectivity index (χ2n) is 9.64. The van der Waals surface area contributed by atoms with Gasteiger partial charge in [-0.2, -0.15) is 0 Å². The van der Waals surface area contributed by atoms with E-state index in [-0.39, 0.29) is 19.1 Å². The summed E-state index contributed by atoms with van der Waals surface area (Å²) in [7, 11) is 1.54. The Morgan fingerprint density at radius 2 is 1.82 bits per heavy atom. The third-order valence-corrected chi connectivity index (χ3v) is 7.20. The van der Waals surface area contributed by atoms with E-state index in [1.807, 2.05) is 36.4 Å². The average Bonchev–Trinajstić information content (AvgIpc) is 3.28. The molecule has 0 saturated carbocycles. The molecule has 0 unspecified atom stereocenters. The summed E-state index contributed by atoms with van der Waals surface area (Å²) < 4.78 is 11.2. The molecule has 1 aliphatic carbocycles. The average molecular weight is 523 g/mol. The zero-order chi connectivity index (χ0) is 27.0. The standard InChI is InChI=1S/C30H26N4O5/c1-38-24-12-8-20-16-34(27(35)25(20)15-24)18-30(28(36)32-29(37)33-30)21-9-13-23(14-10-21)39-17-22-11-7-19-5-3-2-4-6-26(19)31-22/h2-5,7-15H,6,16-18H2,1H3,(H2,32,33,36,37)/t30-/m0/s1. The first-order valence-corrected chi connectivity index (χ1v) is 12.6. The van der Waals surface area contributed by atoms with Crippen LogP contribution in [0.2, 0.25) is 0 Å². The Kier molecular flexibility index (Phi) is 6.11. The van der Waals surface area contributed by atoms with Crippen LogP contribution < -0.4 is 20.1 Å². The van der Waals surface area contributed by atoms with Crippen LogP contribution in [0.25, 0.3) is 6.08 Å². The number of carbonyl (C=O) groups excluding carboxylic acids is 3. The maximum atomic E-state index is 13.2. The monoisotopic (exact) mass is 522 g/mol. The van der Waals surface area contributed by atoms with Crippen LogP contribution in [0.5, 0.6) is 11.5 Å². The van der Waals surface area contributed by atoms with Crippen LogP contribution in [0.1, 0.15) is 38.4 Å². The topological polar surface area (TPSA) is 110 Å². The molecule has 3 aliphatic rings. The largest absolute Gasteiger partial charge is 0.497 e. The lowest BCUT2D eigenvalue weighted by atomic mass is 9.89. The van der Waals surface area contributed by atoms with Crippen molar-refractivity contribution >= 4 is 23.9 Å². The summed E-state index contributed by atoms with van der Waals surface area (Å²) in [6.07, 6.45) is 8.88. The fraction of sp³-hybridized carbons (Fsp3) is 0.200. The van der Waals surface area contributed by atoms with E-state index in [9.17, 15) is 14.4 Å². The minimum absolute atomic E-state index is 0.0253. The van der Waals surface area contributed by atoms with Crippen molar-refractivity contribution in [2.24, 2.45) is 0 Å². The van der Waals surface area contributed by atoms with E-state index < -0.39 is 17.5 Å². The van der Waals surface area contributed by atoms with E-state index in [1.54, 1.807) is 48.4 Å². The van der Waals surface area contributed by atoms with Gasteiger partial charge in [-0.15, -0.1) is 0 Å². The number of hydrogen-bond acceptors (Lipinski definition) is 6. The molecule has 6 rings (SSSR count). The number of ether oxygens (including phenoxy) is 2. The van der Waals surface area contributed by atoms with E-state index in [1.165, 1.54) is 0 Å². The predicted molar refractivity (Wildman–Crippen MR) is 143 cm³/mol. The van der Waals surface area contributed by atoms with E-state index in [2.05, 4.69) is 16.7 Å². The third-order valence-electron chi connectivity index (χ3n) is 7.20. The van der Waals surface area contributed by atoms with Crippen molar-refractivity contribution in [1.29, 1.82) is 0 Å². The Labute approximate surface area is 225 Å². The first-order valence-electron chi connectivity index (χ1n) is 12.6. The summed E-state index contributed by atoms with van der Waals surface area (Å²) in [5, 5.41) is 5.09. The molecule has 39 heavy (non-hydrogen) atoms. The molecule has 9 heteroatoms. The molecule has 3 heterocycles. The number of allylic oxidation sites excluding steroid dienone is 3. The Morgan fingerprint density at radius 3 is 2.59 bits per heavy atom. The SMILES string of the molecule is COc1ccc2c(c1)C(=O)N(C[C@@]1(c3ccc(OCc4ccc5c(n4)CC=CC=C5)cc3)NC(=O)NC1=O)C2. The molecule has 0 spiro atoms. The van der Waals surface area contributed by atoms with Gasteiger partial charge in [0.05, 0.1) is 25.0 Å². The van der Waals surface area contributed by atoms with Gasteiger partial charge in [0.1, 0.15) is 18.1 Å². The van der Waals surface area contributed by atoms with Crippen LogP contribution in [0.15, 0.2) is 72.8 Å². The van der Waals surface area contributed by atoms with Gasteiger partial charge in [0, 0.05) is 18.5 Å². The van der Waals surface area contributed by atoms with Crippen molar-refractivity contribution in [2.75, 3.05) is 13.7 Å². The summed E-state index contributed by atoms with van der Waals surface area (Å²) >= 11 is 0. The fourth-order valence-electron chi connectivity index (χ4n) is 5.14. The Hall–Kier alpha value is -4.92. The molecule has 9 nitrogen and oxygen atoms in total. The molecular weight excluding hydrogens is 496 g/mol. The number of imide groups is 1. The highest BCUT2D eigenvalue weighted by Crippen LogP contribution is 2.33. The maximum absolute atomic E-state index is 13.2. The molecule has 2 aliphatic heterocycles. The van der Waals surface area contributed by atoms with Crippen molar-refractivity contribution in [3.8, 4) is 11.5 Å². The van der Waals surface area contributed by atoms with Gasteiger partial charge in [0.2, 0.25) is 0 Å². The molecule has 196 valence electrons. The molecule has 4 amide bonds. The normalized spacial score (nSPS) is 19.3. The van der Waals surface area contributed by atoms with E-state index in [0.29, 0.717) is 29.2 Å². The molecule has 1 aromatic heterocycles. The molecular formula is C30H26N4O5. The number of pyridine rings is 1. The van der Waals surface area contributed by atoms with Gasteiger partial charge in [-0.05, 0) is 47.0 Å². The number of amides is 4. The van der Waals surface area contributed by atoms with Crippen molar-refractivity contribution < 1.29 is 23.9 Å². The lowest BCUT2D eigenvalue weighted by Crippen LogP contribution is -2.52. The van der Waals surface area contributed by atoms with Crippen molar-refractivity contribution in [1.82, 2.24) is 20.5 Å². The maximum Gasteiger partial charge on any atom is 0.322 e. The van der Waals surface area contributed by atoms with Crippen molar-refractivity contribution in [2.45, 2.75) is 25.1 Å². The van der Waals surface area contributed by atoms with Gasteiger partial charge < -0.3 is 19.7 Å². The summed E-state index contributed by atoms with van der Waals surface area (Å²) in [4.78, 5) is 44.8. The van der Waals surface area contributed by atoms with Gasteiger partial charge in [0.15, 0.2) is 5.54 Å². The fourth-order valence-corrected chi connectivity index (χ4v) is 5.14. The quantitative estimate of drug-likeness (QED) is 0.460. The Bertz CT molecular complexity index is 1550. The second-order valence-corrected chi connectivity index (χ2v) is 9.64. The molecule has 1 atom stereocenters. The Balaban J connectivity index is 1.20. The second kappa shape index (κ2) is 9.75. The smallest absolute Gasteiger partial charge is 0.322 e. The predicted octanol–water partition coefficient (Wildman–Crippen LogP) is 3.49. The van der Waals surface area contributed by atoms with E-state index in [0.717, 1.165) is 28.9 Å². The Morgan fingerprint density at radius 1 is 1.00 bits per heavy atom. The third kappa shape index (κ3) is 4.52. The number of methoxy groups -OCH3 is 1. The number of benzene rings is 2. The number of rotatable bonds is 7. The molecule has 1 fully saturated rings. The zero-order valence-electron chi connectivity index (χ0n) is 21.3. The van der Waals surface area contributed by atoms with Crippen molar-refractivity contribution in [3.63, 3.8) is 0 Å². The molecule has 3 aromatic rings. The molecule has 2 aromatic carbocycles. The van der Waals surface area contributed by atoms with Crippen LogP contribution in [0, 0.1) is 0 Å². The lowest BCUT2D eigenvalue weighted by Gasteiger charge is -2.31. The van der Waals surface area contributed by atoms with Gasteiger partial charge in [-0.1, -0.05) is 48.6 Å². The number of hydrogen-bond donors (Lipinski definition) is 2. The number of nitrogens with one attached hydrogen (secondary N) is 2. The lowest BCUT2D eigenvalue weighted by molar-refractivity contribution is -0.124. The van der Waals surface area contributed by atoms with Gasteiger partial charge in [-0.25, -0.2) is 4.79 Å². The molecule has 0 bridgehead atoms. The van der Waals surface area contributed by atoms with E-state index >= 15 is 0 Å². The van der Waals surface area contributed by atoms with E-state index in [4.69, 9.17) is 14.5 Å². The highest BCUT2D eigenvalue weighted by Gasteiger charge is 2.50. The summed E-state index contributed by atoms with van der Waals surface area (Å²) in [6, 6.07) is 15.7. The highest BCUT2D eigenvalue weighted by atomic mass is 16.5. The number of carbonyl (C=O) groups is 3. The first-order chi connectivity index (χ1) is 18.9. The van der Waals surface area contributed by atoms with Gasteiger partial charge in [-0.3, -0.25) is 19.9 Å². The first kappa shape index (κ1) is 24.4. The number of urea groups is 1. The van der Waals surface area contributed by atoms with Crippen LogP contribution in [0.4, 0.5) is 4.79 Å². The van der Waals surface area contributed by atoms with Crippen LogP contribution in [-0.2, 0) is 29.9 Å². The molecule has 2 N–H and O–H groups in total. The molecule has 1 saturated heterocycles. The highest BCUT2D eigenvalue weighted by molar-refractivity contribution is 6.08. The van der Waals surface area contributed by atoms with Crippen molar-refractivity contribution in [3.05, 3.63) is 106 Å². The number of fused-ring (bicyclic) bond motifs is 2. The van der Waals surface area contributed by atoms with Gasteiger partial charge >= 0.3 is 6.03 Å². The summed E-state index contributed by atoms with van der Waals surface area (Å²) in [6.45, 7) is 0.582. The number of aromatic nitrogens is 1. The summed E-state index contributed by atoms with van der Waals surface area (Å²) in [5.74, 6) is 0.430. The van der Waals surface area contributed by atoms with Crippen LogP contribution in [0.3, 0.4) is 0 Å². The minimum atomic E-state index is -1.43. The van der Waals surface area contributed by atoms with Gasteiger partial charge in [0.25, 0.3) is 11.8 Å². The summed E-state index contributed by atoms with van der Waals surface area (Å²) in [5.41, 5.74) is 3.37. The number of nitrogens with zero attached hydrogens (tertiary/aromatic N) is 2. The zero-order valence-corrected chi connectivity index (χ0v) is 21.3. The molecule has 0 radical (unpaired) electrons. The van der Waals surface area contributed by atoms with Crippen LogP contribution in [-0.4, -0.2) is 41.4 Å². The van der Waals surface area contributed by atoms with Crippen LogP contribution >= 0.6 is 0 Å². The minimum Gasteiger partial charge on any atom is -0.497 e.